The third kappa shape index (κ3) is 3.50. The molecule has 0 bridgehead atoms. The van der Waals surface area contributed by atoms with Gasteiger partial charge >= 0.3 is 0 Å². The number of nitrogens with one attached hydrogen (secondary N) is 3. The first-order valence-electron chi connectivity index (χ1n) is 7.30. The van der Waals surface area contributed by atoms with Gasteiger partial charge in [-0.3, -0.25) is 4.79 Å². The van der Waals surface area contributed by atoms with Crippen LogP contribution in [-0.4, -0.2) is 11.9 Å². The molecule has 0 aromatic heterocycles. The van der Waals surface area contributed by atoms with Crippen molar-refractivity contribution in [1.82, 2.24) is 16.2 Å². The molecule has 1 heterocycles. The standard InChI is InChI=1S/C17H18FN3O/c18-14-8-6-12(7-9-14)11-19-17(22)16-10-15(20-21-16)13-4-2-1-3-5-13/h1-9,15-16,20-21H,10-11H2,(H,19,22). The molecule has 1 aliphatic heterocycles. The van der Waals surface area contributed by atoms with Crippen LogP contribution in [0, 0.1) is 5.82 Å². The number of hydrogen-bond acceptors (Lipinski definition) is 3. The van der Waals surface area contributed by atoms with Crippen molar-refractivity contribution in [2.24, 2.45) is 0 Å². The van der Waals surface area contributed by atoms with Crippen molar-refractivity contribution in [2.75, 3.05) is 0 Å². The second-order valence-corrected chi connectivity index (χ2v) is 5.38. The maximum absolute atomic E-state index is 12.8. The number of rotatable bonds is 4. The summed E-state index contributed by atoms with van der Waals surface area (Å²) in [5.41, 5.74) is 8.21. The number of benzene rings is 2. The number of carbonyl (C=O) groups is 1. The lowest BCUT2D eigenvalue weighted by molar-refractivity contribution is -0.123. The average molecular weight is 299 g/mol. The molecule has 3 N–H and O–H groups in total. The Labute approximate surface area is 128 Å². The van der Waals surface area contributed by atoms with Crippen LogP contribution in [0.2, 0.25) is 0 Å². The third-order valence-electron chi connectivity index (χ3n) is 3.80. The highest BCUT2D eigenvalue weighted by Gasteiger charge is 2.29. The van der Waals surface area contributed by atoms with Crippen molar-refractivity contribution < 1.29 is 9.18 Å². The molecular weight excluding hydrogens is 281 g/mol. The first-order chi connectivity index (χ1) is 10.7. The maximum Gasteiger partial charge on any atom is 0.238 e. The third-order valence-corrected chi connectivity index (χ3v) is 3.80. The zero-order chi connectivity index (χ0) is 15.4. The van der Waals surface area contributed by atoms with Gasteiger partial charge in [0.25, 0.3) is 0 Å². The van der Waals surface area contributed by atoms with Crippen LogP contribution < -0.4 is 16.2 Å². The minimum atomic E-state index is -0.276. The van der Waals surface area contributed by atoms with Gasteiger partial charge < -0.3 is 5.32 Å². The molecule has 3 rings (SSSR count). The van der Waals surface area contributed by atoms with Crippen molar-refractivity contribution in [1.29, 1.82) is 0 Å². The van der Waals surface area contributed by atoms with Crippen molar-refractivity contribution >= 4 is 5.91 Å². The topological polar surface area (TPSA) is 53.2 Å². The van der Waals surface area contributed by atoms with Gasteiger partial charge in [-0.2, -0.15) is 0 Å². The largest absolute Gasteiger partial charge is 0.351 e. The highest BCUT2D eigenvalue weighted by molar-refractivity contribution is 5.82. The van der Waals surface area contributed by atoms with Crippen LogP contribution in [0.15, 0.2) is 54.6 Å². The van der Waals surface area contributed by atoms with Gasteiger partial charge in [-0.15, -0.1) is 0 Å². The number of hydrogen-bond donors (Lipinski definition) is 3. The molecule has 2 aromatic rings. The van der Waals surface area contributed by atoms with Gasteiger partial charge in [0.2, 0.25) is 5.91 Å². The molecule has 1 amide bonds. The Morgan fingerprint density at radius 3 is 2.55 bits per heavy atom. The van der Waals surface area contributed by atoms with E-state index in [0.29, 0.717) is 13.0 Å². The summed E-state index contributed by atoms with van der Waals surface area (Å²) in [5.74, 6) is -0.335. The quantitative estimate of drug-likeness (QED) is 0.810. The molecule has 114 valence electrons. The molecule has 22 heavy (non-hydrogen) atoms. The SMILES string of the molecule is O=C(NCc1ccc(F)cc1)C1CC(c2ccccc2)NN1. The lowest BCUT2D eigenvalue weighted by Crippen LogP contribution is -2.42. The Morgan fingerprint density at radius 1 is 1.09 bits per heavy atom. The fraction of sp³-hybridized carbons (Fsp3) is 0.235. The van der Waals surface area contributed by atoms with E-state index in [9.17, 15) is 9.18 Å². The minimum absolute atomic E-state index is 0.0599. The van der Waals surface area contributed by atoms with E-state index < -0.39 is 0 Å². The van der Waals surface area contributed by atoms with E-state index in [4.69, 9.17) is 0 Å². The van der Waals surface area contributed by atoms with Gasteiger partial charge in [0.15, 0.2) is 0 Å². The van der Waals surface area contributed by atoms with E-state index in [0.717, 1.165) is 11.1 Å². The van der Waals surface area contributed by atoms with E-state index in [1.165, 1.54) is 12.1 Å². The Bertz CT molecular complexity index is 630. The highest BCUT2D eigenvalue weighted by Crippen LogP contribution is 2.21. The van der Waals surface area contributed by atoms with E-state index in [1.807, 2.05) is 30.3 Å². The predicted octanol–water partition coefficient (Wildman–Crippen LogP) is 2.05. The van der Waals surface area contributed by atoms with Gasteiger partial charge in [0.05, 0.1) is 0 Å². The van der Waals surface area contributed by atoms with Gasteiger partial charge in [-0.1, -0.05) is 42.5 Å². The molecular formula is C17H18FN3O. The van der Waals surface area contributed by atoms with Crippen molar-refractivity contribution in [2.45, 2.75) is 25.0 Å². The van der Waals surface area contributed by atoms with E-state index in [2.05, 4.69) is 16.2 Å². The van der Waals surface area contributed by atoms with E-state index in [-0.39, 0.29) is 23.8 Å². The van der Waals surface area contributed by atoms with E-state index >= 15 is 0 Å². The summed E-state index contributed by atoms with van der Waals surface area (Å²) in [4.78, 5) is 12.2. The van der Waals surface area contributed by atoms with Gasteiger partial charge in [-0.05, 0) is 29.7 Å². The zero-order valence-corrected chi connectivity index (χ0v) is 12.1. The first kappa shape index (κ1) is 14.7. The highest BCUT2D eigenvalue weighted by atomic mass is 19.1. The van der Waals surface area contributed by atoms with Gasteiger partial charge in [0.1, 0.15) is 11.9 Å². The number of carbonyl (C=O) groups excluding carboxylic acids is 1. The predicted molar refractivity (Wildman–Crippen MR) is 82.1 cm³/mol. The fourth-order valence-corrected chi connectivity index (χ4v) is 2.55. The molecule has 4 nitrogen and oxygen atoms in total. The number of amides is 1. The normalized spacial score (nSPS) is 20.8. The molecule has 1 saturated heterocycles. The molecule has 1 fully saturated rings. The van der Waals surface area contributed by atoms with Gasteiger partial charge in [-0.25, -0.2) is 15.2 Å². The summed E-state index contributed by atoms with van der Waals surface area (Å²) in [6, 6.07) is 16.0. The molecule has 0 saturated carbocycles. The van der Waals surface area contributed by atoms with Crippen LogP contribution in [0.1, 0.15) is 23.6 Å². The molecule has 2 unspecified atom stereocenters. The summed E-state index contributed by atoms with van der Waals surface area (Å²) in [6.45, 7) is 0.396. The van der Waals surface area contributed by atoms with Crippen LogP contribution in [0.3, 0.4) is 0 Å². The van der Waals surface area contributed by atoms with Crippen LogP contribution in [0.25, 0.3) is 0 Å². The molecule has 0 aliphatic carbocycles. The fourth-order valence-electron chi connectivity index (χ4n) is 2.55. The lowest BCUT2D eigenvalue weighted by Gasteiger charge is -2.11. The summed E-state index contributed by atoms with van der Waals surface area (Å²) < 4.78 is 12.8. The monoisotopic (exact) mass is 299 g/mol. The summed E-state index contributed by atoms with van der Waals surface area (Å²) >= 11 is 0. The van der Waals surface area contributed by atoms with Crippen LogP contribution >= 0.6 is 0 Å². The molecule has 0 radical (unpaired) electrons. The average Bonchev–Trinajstić information content (AvgIpc) is 3.05. The smallest absolute Gasteiger partial charge is 0.238 e. The Kier molecular flexibility index (Phi) is 4.46. The Morgan fingerprint density at radius 2 is 1.82 bits per heavy atom. The maximum atomic E-state index is 12.8. The minimum Gasteiger partial charge on any atom is -0.351 e. The van der Waals surface area contributed by atoms with Crippen LogP contribution in [0.5, 0.6) is 0 Å². The Hall–Kier alpha value is -2.24. The molecule has 5 heteroatoms. The number of hydrazine groups is 1. The van der Waals surface area contributed by atoms with Gasteiger partial charge in [0, 0.05) is 12.6 Å². The molecule has 1 aliphatic rings. The second-order valence-electron chi connectivity index (χ2n) is 5.38. The van der Waals surface area contributed by atoms with Crippen molar-refractivity contribution in [3.63, 3.8) is 0 Å². The van der Waals surface area contributed by atoms with Crippen LogP contribution in [0.4, 0.5) is 4.39 Å². The van der Waals surface area contributed by atoms with E-state index in [1.54, 1.807) is 12.1 Å². The summed E-state index contributed by atoms with van der Waals surface area (Å²) in [7, 11) is 0. The number of halogens is 1. The summed E-state index contributed by atoms with van der Waals surface area (Å²) in [5, 5.41) is 2.87. The Balaban J connectivity index is 1.52. The molecule has 2 atom stereocenters. The molecule has 0 spiro atoms. The molecule has 2 aromatic carbocycles. The second kappa shape index (κ2) is 6.68. The van der Waals surface area contributed by atoms with Crippen molar-refractivity contribution in [3.8, 4) is 0 Å². The van der Waals surface area contributed by atoms with Crippen molar-refractivity contribution in [3.05, 3.63) is 71.5 Å². The first-order valence-corrected chi connectivity index (χ1v) is 7.30. The van der Waals surface area contributed by atoms with Crippen LogP contribution in [-0.2, 0) is 11.3 Å². The summed E-state index contributed by atoms with van der Waals surface area (Å²) in [6.07, 6.45) is 0.694. The lowest BCUT2D eigenvalue weighted by atomic mass is 10.0. The zero-order valence-electron chi connectivity index (χ0n) is 12.1.